The normalized spacial score (nSPS) is 14.7. The number of hydrogen-bond acceptors (Lipinski definition) is 4. The molecule has 0 spiro atoms. The van der Waals surface area contributed by atoms with Crippen molar-refractivity contribution in [1.82, 2.24) is 4.90 Å². The molecule has 0 aromatic heterocycles. The number of likely N-dealkylation sites (N-methyl/N-ethyl adjacent to an activating group) is 1. The minimum atomic E-state index is -0.164. The number of anilines is 1. The molecule has 0 aliphatic carbocycles. The molecule has 1 amide bonds. The first-order valence-corrected chi connectivity index (χ1v) is 12.2. The van der Waals surface area contributed by atoms with Gasteiger partial charge in [0.2, 0.25) is 0 Å². The molecule has 1 aliphatic heterocycles. The van der Waals surface area contributed by atoms with Crippen LogP contribution in [0.4, 0.5) is 5.69 Å². The van der Waals surface area contributed by atoms with E-state index in [0.29, 0.717) is 35.5 Å². The summed E-state index contributed by atoms with van der Waals surface area (Å²) >= 11 is 5.56. The van der Waals surface area contributed by atoms with Gasteiger partial charge in [0.15, 0.2) is 16.6 Å². The lowest BCUT2D eigenvalue weighted by Crippen LogP contribution is -2.30. The zero-order valence-electron chi connectivity index (χ0n) is 20.2. The Morgan fingerprint density at radius 1 is 0.861 bits per heavy atom. The molecule has 180 valence electrons. The first kappa shape index (κ1) is 23.6. The number of nitrogens with zero attached hydrogens (tertiary/aromatic N) is 2. The Morgan fingerprint density at radius 2 is 1.61 bits per heavy atom. The molecule has 0 bridgehead atoms. The number of benzene rings is 4. The standard InChI is InChI=1S/C30H26N2O3S/c1-3-34-28-19-21(18-26-29(33)32(30(36)31(26)2)24-13-5-4-6-14-24)16-17-27(28)35-20-23-12-9-11-22-10-7-8-15-25(22)23/h4-19H,3,20H2,1-2H3/b26-18-. The largest absolute Gasteiger partial charge is 0.490 e. The molecule has 1 heterocycles. The summed E-state index contributed by atoms with van der Waals surface area (Å²) in [6.07, 6.45) is 1.83. The van der Waals surface area contributed by atoms with Crippen LogP contribution >= 0.6 is 12.2 Å². The van der Waals surface area contributed by atoms with E-state index in [4.69, 9.17) is 21.7 Å². The fraction of sp³-hybridized carbons (Fsp3) is 0.133. The first-order chi connectivity index (χ1) is 17.6. The molecule has 0 unspecified atom stereocenters. The number of para-hydroxylation sites is 1. The molecule has 0 saturated carbocycles. The first-order valence-electron chi connectivity index (χ1n) is 11.8. The van der Waals surface area contributed by atoms with E-state index < -0.39 is 0 Å². The van der Waals surface area contributed by atoms with Crippen molar-refractivity contribution in [2.75, 3.05) is 18.6 Å². The lowest BCUT2D eigenvalue weighted by atomic mass is 10.1. The summed E-state index contributed by atoms with van der Waals surface area (Å²) in [5.41, 5.74) is 3.17. The number of carbonyl (C=O) groups excluding carboxylic acids is 1. The maximum atomic E-state index is 13.2. The van der Waals surface area contributed by atoms with Crippen molar-refractivity contribution in [3.8, 4) is 11.5 Å². The third-order valence-corrected chi connectivity index (χ3v) is 6.57. The Labute approximate surface area is 216 Å². The average Bonchev–Trinajstić information content (AvgIpc) is 3.11. The third-order valence-electron chi connectivity index (χ3n) is 6.11. The molecular formula is C30H26N2O3S. The van der Waals surface area contributed by atoms with Gasteiger partial charge >= 0.3 is 0 Å². The lowest BCUT2D eigenvalue weighted by Gasteiger charge is -2.16. The van der Waals surface area contributed by atoms with Crippen molar-refractivity contribution in [3.63, 3.8) is 0 Å². The number of fused-ring (bicyclic) bond motifs is 1. The third kappa shape index (κ3) is 4.55. The van der Waals surface area contributed by atoms with Gasteiger partial charge in [-0.05, 0) is 71.4 Å². The van der Waals surface area contributed by atoms with Crippen LogP contribution in [-0.4, -0.2) is 29.6 Å². The summed E-state index contributed by atoms with van der Waals surface area (Å²) < 4.78 is 12.1. The Bertz CT molecular complexity index is 1460. The second-order valence-electron chi connectivity index (χ2n) is 8.41. The fourth-order valence-electron chi connectivity index (χ4n) is 4.29. The highest BCUT2D eigenvalue weighted by molar-refractivity contribution is 7.80. The van der Waals surface area contributed by atoms with Gasteiger partial charge in [-0.3, -0.25) is 9.69 Å². The van der Waals surface area contributed by atoms with Gasteiger partial charge in [0.25, 0.3) is 5.91 Å². The lowest BCUT2D eigenvalue weighted by molar-refractivity contribution is -0.114. The molecule has 1 fully saturated rings. The highest BCUT2D eigenvalue weighted by Crippen LogP contribution is 2.33. The minimum Gasteiger partial charge on any atom is -0.490 e. The van der Waals surface area contributed by atoms with Crippen molar-refractivity contribution in [2.24, 2.45) is 0 Å². The van der Waals surface area contributed by atoms with Crippen molar-refractivity contribution >= 4 is 45.8 Å². The summed E-state index contributed by atoms with van der Waals surface area (Å²) in [6.45, 7) is 2.85. The van der Waals surface area contributed by atoms with Crippen LogP contribution in [0.3, 0.4) is 0 Å². The van der Waals surface area contributed by atoms with Crippen molar-refractivity contribution in [3.05, 3.63) is 108 Å². The van der Waals surface area contributed by atoms with Crippen LogP contribution in [0.25, 0.3) is 16.8 Å². The Kier molecular flexibility index (Phi) is 6.69. The van der Waals surface area contributed by atoms with Gasteiger partial charge in [-0.2, -0.15) is 0 Å². The van der Waals surface area contributed by atoms with E-state index in [2.05, 4.69) is 24.3 Å². The summed E-state index contributed by atoms with van der Waals surface area (Å²) in [4.78, 5) is 16.5. The average molecular weight is 495 g/mol. The topological polar surface area (TPSA) is 42.0 Å². The van der Waals surface area contributed by atoms with E-state index in [0.717, 1.165) is 16.8 Å². The maximum Gasteiger partial charge on any atom is 0.281 e. The van der Waals surface area contributed by atoms with Gasteiger partial charge in [-0.15, -0.1) is 0 Å². The quantitative estimate of drug-likeness (QED) is 0.219. The molecule has 5 rings (SSSR count). The Morgan fingerprint density at radius 3 is 2.42 bits per heavy atom. The van der Waals surface area contributed by atoms with Gasteiger partial charge in [-0.25, -0.2) is 0 Å². The molecule has 0 radical (unpaired) electrons. The van der Waals surface area contributed by atoms with Crippen LogP contribution in [0.1, 0.15) is 18.1 Å². The second-order valence-corrected chi connectivity index (χ2v) is 8.78. The van der Waals surface area contributed by atoms with E-state index in [-0.39, 0.29) is 5.91 Å². The van der Waals surface area contributed by atoms with Crippen LogP contribution in [0.15, 0.2) is 96.7 Å². The van der Waals surface area contributed by atoms with Crippen molar-refractivity contribution in [2.45, 2.75) is 13.5 Å². The maximum absolute atomic E-state index is 13.2. The monoisotopic (exact) mass is 494 g/mol. The van der Waals surface area contributed by atoms with Gasteiger partial charge in [0.05, 0.1) is 12.3 Å². The highest BCUT2D eigenvalue weighted by atomic mass is 32.1. The second kappa shape index (κ2) is 10.2. The van der Waals surface area contributed by atoms with Crippen LogP contribution in [0.5, 0.6) is 11.5 Å². The Hall–Kier alpha value is -4.16. The van der Waals surface area contributed by atoms with E-state index in [9.17, 15) is 4.79 Å². The van der Waals surface area contributed by atoms with Crippen LogP contribution in [-0.2, 0) is 11.4 Å². The number of hydrogen-bond donors (Lipinski definition) is 0. The Balaban J connectivity index is 1.41. The molecule has 6 heteroatoms. The molecule has 4 aromatic rings. The molecule has 5 nitrogen and oxygen atoms in total. The summed E-state index contributed by atoms with van der Waals surface area (Å²) in [5, 5.41) is 2.79. The predicted octanol–water partition coefficient (Wildman–Crippen LogP) is 6.42. The summed E-state index contributed by atoms with van der Waals surface area (Å²) in [6, 6.07) is 29.6. The van der Waals surface area contributed by atoms with E-state index in [1.54, 1.807) is 16.8 Å². The van der Waals surface area contributed by atoms with Gasteiger partial charge < -0.3 is 14.4 Å². The molecule has 36 heavy (non-hydrogen) atoms. The predicted molar refractivity (Wildman–Crippen MR) is 148 cm³/mol. The van der Waals surface area contributed by atoms with Crippen molar-refractivity contribution in [1.29, 1.82) is 0 Å². The molecule has 1 saturated heterocycles. The van der Waals surface area contributed by atoms with Gasteiger partial charge in [0.1, 0.15) is 12.3 Å². The fourth-order valence-corrected chi connectivity index (χ4v) is 4.58. The van der Waals surface area contributed by atoms with E-state index >= 15 is 0 Å². The van der Waals surface area contributed by atoms with E-state index in [1.807, 2.05) is 79.7 Å². The number of thiocarbonyl (C=S) groups is 1. The number of carbonyl (C=O) groups is 1. The SMILES string of the molecule is CCOc1cc(/C=C2/C(=O)N(c3ccccc3)C(=S)N2C)ccc1OCc1cccc2ccccc12. The zero-order valence-corrected chi connectivity index (χ0v) is 21.0. The van der Waals surface area contributed by atoms with E-state index in [1.165, 1.54) is 10.8 Å². The van der Waals surface area contributed by atoms with Gasteiger partial charge in [-0.1, -0.05) is 66.7 Å². The number of ether oxygens (including phenoxy) is 2. The van der Waals surface area contributed by atoms with Crippen LogP contribution < -0.4 is 14.4 Å². The summed E-state index contributed by atoms with van der Waals surface area (Å²) in [5.74, 6) is 1.12. The zero-order chi connectivity index (χ0) is 25.1. The molecule has 1 aliphatic rings. The van der Waals surface area contributed by atoms with Crippen molar-refractivity contribution < 1.29 is 14.3 Å². The number of rotatable bonds is 7. The molecule has 4 aromatic carbocycles. The molecule has 0 N–H and O–H groups in total. The minimum absolute atomic E-state index is 0.164. The highest BCUT2D eigenvalue weighted by Gasteiger charge is 2.36. The van der Waals surface area contributed by atoms with Crippen LogP contribution in [0, 0.1) is 0 Å². The van der Waals surface area contributed by atoms with Gasteiger partial charge in [0, 0.05) is 7.05 Å². The number of amides is 1. The summed E-state index contributed by atoms with van der Waals surface area (Å²) in [7, 11) is 1.81. The molecule has 0 atom stereocenters. The molecular weight excluding hydrogens is 468 g/mol. The smallest absolute Gasteiger partial charge is 0.281 e. The van der Waals surface area contributed by atoms with Crippen LogP contribution in [0.2, 0.25) is 0 Å².